The summed E-state index contributed by atoms with van der Waals surface area (Å²) in [6, 6.07) is 7.70. The molecule has 2 rings (SSSR count). The summed E-state index contributed by atoms with van der Waals surface area (Å²) in [7, 11) is 0. The standard InChI is InChI=1S/C24H32N2O4/c1-3-5-17-11-19(13-21(23(17)29)15-25-7-9-27)20-12-18(6-4-2)24(30)22(14-20)16-26-8-10-28/h3-4,11-14,25-30H,1-2,5-10,15-16H2. The van der Waals surface area contributed by atoms with Gasteiger partial charge in [0.25, 0.3) is 0 Å². The van der Waals surface area contributed by atoms with Crippen LogP contribution in [0.5, 0.6) is 11.5 Å². The average molecular weight is 413 g/mol. The third kappa shape index (κ3) is 6.18. The van der Waals surface area contributed by atoms with Crippen molar-refractivity contribution in [1.29, 1.82) is 0 Å². The third-order valence-electron chi connectivity index (χ3n) is 4.81. The third-order valence-corrected chi connectivity index (χ3v) is 4.81. The van der Waals surface area contributed by atoms with E-state index in [9.17, 15) is 10.2 Å². The minimum atomic E-state index is 0.0209. The fourth-order valence-corrected chi connectivity index (χ4v) is 3.35. The largest absolute Gasteiger partial charge is 0.507 e. The van der Waals surface area contributed by atoms with Crippen molar-refractivity contribution in [1.82, 2.24) is 10.6 Å². The molecule has 0 fully saturated rings. The van der Waals surface area contributed by atoms with Crippen LogP contribution in [0.4, 0.5) is 0 Å². The number of aliphatic hydroxyl groups excluding tert-OH is 2. The zero-order chi connectivity index (χ0) is 21.9. The lowest BCUT2D eigenvalue weighted by atomic mass is 9.93. The van der Waals surface area contributed by atoms with Gasteiger partial charge >= 0.3 is 0 Å². The number of benzene rings is 2. The highest BCUT2D eigenvalue weighted by Crippen LogP contribution is 2.35. The smallest absolute Gasteiger partial charge is 0.123 e. The summed E-state index contributed by atoms with van der Waals surface area (Å²) in [5, 5.41) is 45.5. The highest BCUT2D eigenvalue weighted by molar-refractivity contribution is 5.71. The van der Waals surface area contributed by atoms with Crippen molar-refractivity contribution >= 4 is 0 Å². The first-order valence-corrected chi connectivity index (χ1v) is 10.1. The highest BCUT2D eigenvalue weighted by atomic mass is 16.3. The van der Waals surface area contributed by atoms with E-state index >= 15 is 0 Å². The van der Waals surface area contributed by atoms with Crippen molar-refractivity contribution in [2.75, 3.05) is 26.3 Å². The van der Waals surface area contributed by atoms with E-state index in [-0.39, 0.29) is 24.7 Å². The quantitative estimate of drug-likeness (QED) is 0.223. The molecule has 0 saturated carbocycles. The second kappa shape index (κ2) is 12.1. The Kier molecular flexibility index (Phi) is 9.57. The number of hydrogen-bond donors (Lipinski definition) is 6. The van der Waals surface area contributed by atoms with E-state index in [4.69, 9.17) is 10.2 Å². The summed E-state index contributed by atoms with van der Waals surface area (Å²) in [5.74, 6) is 0.443. The van der Waals surface area contributed by atoms with Crippen LogP contribution in [0, 0.1) is 0 Å². The van der Waals surface area contributed by atoms with Crippen LogP contribution in [-0.4, -0.2) is 46.7 Å². The molecule has 0 aromatic heterocycles. The van der Waals surface area contributed by atoms with Crippen molar-refractivity contribution in [2.24, 2.45) is 0 Å². The average Bonchev–Trinajstić information content (AvgIpc) is 2.73. The van der Waals surface area contributed by atoms with E-state index in [1.165, 1.54) is 0 Å². The van der Waals surface area contributed by atoms with Crippen LogP contribution < -0.4 is 10.6 Å². The lowest BCUT2D eigenvalue weighted by molar-refractivity contribution is 0.291. The molecule has 0 heterocycles. The van der Waals surface area contributed by atoms with Crippen molar-refractivity contribution in [3.63, 3.8) is 0 Å². The fraction of sp³-hybridized carbons (Fsp3) is 0.333. The number of allylic oxidation sites excluding steroid dienone is 2. The first-order chi connectivity index (χ1) is 14.5. The Morgan fingerprint density at radius 1 is 0.667 bits per heavy atom. The number of rotatable bonds is 13. The number of phenols is 2. The lowest BCUT2D eigenvalue weighted by Gasteiger charge is -2.16. The normalized spacial score (nSPS) is 10.9. The molecule has 0 amide bonds. The molecule has 0 aliphatic heterocycles. The van der Waals surface area contributed by atoms with E-state index in [0.29, 0.717) is 39.0 Å². The minimum Gasteiger partial charge on any atom is -0.507 e. The molecule has 162 valence electrons. The molecule has 0 aliphatic rings. The van der Waals surface area contributed by atoms with Gasteiger partial charge in [-0.05, 0) is 59.4 Å². The van der Waals surface area contributed by atoms with Crippen LogP contribution >= 0.6 is 0 Å². The predicted molar refractivity (Wildman–Crippen MR) is 121 cm³/mol. The van der Waals surface area contributed by atoms with Crippen LogP contribution in [0.3, 0.4) is 0 Å². The van der Waals surface area contributed by atoms with E-state index < -0.39 is 0 Å². The molecule has 2 aromatic rings. The molecule has 0 bridgehead atoms. The van der Waals surface area contributed by atoms with Gasteiger partial charge in [-0.3, -0.25) is 0 Å². The van der Waals surface area contributed by atoms with Gasteiger partial charge in [0.05, 0.1) is 13.2 Å². The van der Waals surface area contributed by atoms with Gasteiger partial charge in [-0.2, -0.15) is 0 Å². The Hall–Kier alpha value is -2.64. The number of nitrogens with one attached hydrogen (secondary N) is 2. The van der Waals surface area contributed by atoms with Gasteiger partial charge in [-0.25, -0.2) is 0 Å². The van der Waals surface area contributed by atoms with Gasteiger partial charge in [-0.15, -0.1) is 13.2 Å². The summed E-state index contributed by atoms with van der Waals surface area (Å²) in [6.45, 7) is 9.31. The van der Waals surface area contributed by atoms with Crippen LogP contribution in [0.1, 0.15) is 22.3 Å². The zero-order valence-electron chi connectivity index (χ0n) is 17.3. The van der Waals surface area contributed by atoms with Crippen LogP contribution in [0.2, 0.25) is 0 Å². The van der Waals surface area contributed by atoms with Crippen molar-refractivity contribution in [3.8, 4) is 22.6 Å². The van der Waals surface area contributed by atoms with E-state index in [0.717, 1.165) is 33.4 Å². The first kappa shape index (κ1) is 23.6. The zero-order valence-corrected chi connectivity index (χ0v) is 17.3. The van der Waals surface area contributed by atoms with E-state index in [1.807, 2.05) is 24.3 Å². The van der Waals surface area contributed by atoms with Gasteiger partial charge in [0.15, 0.2) is 0 Å². The van der Waals surface area contributed by atoms with Gasteiger partial charge in [0.2, 0.25) is 0 Å². The van der Waals surface area contributed by atoms with Crippen molar-refractivity contribution in [3.05, 3.63) is 71.8 Å². The van der Waals surface area contributed by atoms with Crippen molar-refractivity contribution < 1.29 is 20.4 Å². The summed E-state index contributed by atoms with van der Waals surface area (Å²) < 4.78 is 0. The predicted octanol–water partition coefficient (Wildman–Crippen LogP) is 2.39. The Balaban J connectivity index is 2.53. The number of hydrogen-bond acceptors (Lipinski definition) is 6. The molecule has 0 unspecified atom stereocenters. The van der Waals surface area contributed by atoms with Crippen LogP contribution in [-0.2, 0) is 25.9 Å². The summed E-state index contributed by atoms with van der Waals surface area (Å²) in [6.07, 6.45) is 4.53. The molecule has 0 aliphatic carbocycles. The monoisotopic (exact) mass is 412 g/mol. The molecule has 30 heavy (non-hydrogen) atoms. The Bertz CT molecular complexity index is 793. The summed E-state index contributed by atoms with van der Waals surface area (Å²) >= 11 is 0. The molecule has 2 aromatic carbocycles. The molecule has 6 N–H and O–H groups in total. The summed E-state index contributed by atoms with van der Waals surface area (Å²) in [4.78, 5) is 0. The molecule has 6 nitrogen and oxygen atoms in total. The summed E-state index contributed by atoms with van der Waals surface area (Å²) in [5.41, 5.74) is 4.83. The second-order valence-electron chi connectivity index (χ2n) is 7.07. The highest BCUT2D eigenvalue weighted by Gasteiger charge is 2.14. The van der Waals surface area contributed by atoms with E-state index in [1.54, 1.807) is 12.2 Å². The molecule has 0 spiro atoms. The maximum absolute atomic E-state index is 10.6. The topological polar surface area (TPSA) is 105 Å². The van der Waals surface area contributed by atoms with Crippen LogP contribution in [0.25, 0.3) is 11.1 Å². The van der Waals surface area contributed by atoms with Gasteiger partial charge in [-0.1, -0.05) is 12.2 Å². The maximum Gasteiger partial charge on any atom is 0.123 e. The maximum atomic E-state index is 10.6. The SMILES string of the molecule is C=CCc1cc(-c2cc(CC=C)c(O)c(CNCCO)c2)cc(CNCCO)c1O. The van der Waals surface area contributed by atoms with Crippen molar-refractivity contribution in [2.45, 2.75) is 25.9 Å². The lowest BCUT2D eigenvalue weighted by Crippen LogP contribution is -2.18. The number of aromatic hydroxyl groups is 2. The van der Waals surface area contributed by atoms with Gasteiger partial charge in [0, 0.05) is 37.3 Å². The Labute approximate surface area is 178 Å². The van der Waals surface area contributed by atoms with Gasteiger partial charge < -0.3 is 31.1 Å². The minimum absolute atomic E-state index is 0.0209. The Morgan fingerprint density at radius 3 is 1.37 bits per heavy atom. The van der Waals surface area contributed by atoms with E-state index in [2.05, 4.69) is 23.8 Å². The number of aliphatic hydroxyl groups is 2. The molecule has 0 atom stereocenters. The molecular weight excluding hydrogens is 380 g/mol. The molecule has 0 radical (unpaired) electrons. The first-order valence-electron chi connectivity index (χ1n) is 10.1. The molecule has 0 saturated heterocycles. The number of phenolic OH excluding ortho intramolecular Hbond substituents is 2. The van der Waals surface area contributed by atoms with Gasteiger partial charge in [0.1, 0.15) is 11.5 Å². The molecule has 6 heteroatoms. The Morgan fingerprint density at radius 2 is 1.03 bits per heavy atom. The fourth-order valence-electron chi connectivity index (χ4n) is 3.35. The second-order valence-corrected chi connectivity index (χ2v) is 7.07. The van der Waals surface area contributed by atoms with Crippen LogP contribution in [0.15, 0.2) is 49.6 Å². The molecular formula is C24H32N2O4.